The molecule has 0 saturated heterocycles. The highest BCUT2D eigenvalue weighted by Gasteiger charge is 2.00. The Morgan fingerprint density at radius 2 is 2.18 bits per heavy atom. The Balaban J connectivity index is 0. The molecule has 0 aliphatic rings. The Bertz CT molecular complexity index is 71.1. The van der Waals surface area contributed by atoms with E-state index in [0.29, 0.717) is 0 Å². The van der Waals surface area contributed by atoms with Gasteiger partial charge >= 0.3 is 0 Å². The van der Waals surface area contributed by atoms with Crippen molar-refractivity contribution in [3.05, 3.63) is 6.92 Å². The van der Waals surface area contributed by atoms with Crippen LogP contribution >= 0.6 is 11.6 Å². The van der Waals surface area contributed by atoms with Gasteiger partial charge in [0.05, 0.1) is 0 Å². The monoisotopic (exact) mass is 193 g/mol. The average Bonchev–Trinajstić information content (AvgIpc) is 1.89. The van der Waals surface area contributed by atoms with Crippen LogP contribution in [-0.2, 0) is 4.74 Å². The summed E-state index contributed by atoms with van der Waals surface area (Å²) < 4.78 is 5.25. The van der Waals surface area contributed by atoms with Gasteiger partial charge in [0.15, 0.2) is 17.4 Å². The van der Waals surface area contributed by atoms with Gasteiger partial charge in [-0.3, -0.25) is 0 Å². The fourth-order valence-corrected chi connectivity index (χ4v) is 0.843. The van der Waals surface area contributed by atoms with Gasteiger partial charge in [-0.1, -0.05) is 31.9 Å². The molecule has 3 heteroatoms. The topological polar surface area (TPSA) is 9.23 Å². The molecule has 1 radical (unpaired) electrons. The first-order valence-corrected chi connectivity index (χ1v) is 4.29. The van der Waals surface area contributed by atoms with Crippen LogP contribution in [0.4, 0.5) is 0 Å². The van der Waals surface area contributed by atoms with E-state index < -0.39 is 0 Å². The quantitative estimate of drug-likeness (QED) is 0.355. The highest BCUT2D eigenvalue weighted by Crippen LogP contribution is 2.06. The SMILES string of the molecule is [AlH3].[CH2]CCC(Cl)OCCCC. The highest BCUT2D eigenvalue weighted by molar-refractivity contribution is 6.19. The fraction of sp³-hybridized carbons (Fsp3) is 0.875. The molecular weight excluding hydrogens is 175 g/mol. The van der Waals surface area contributed by atoms with Gasteiger partial charge in [-0.25, -0.2) is 0 Å². The van der Waals surface area contributed by atoms with Gasteiger partial charge in [-0.15, -0.1) is 0 Å². The first-order valence-electron chi connectivity index (χ1n) is 3.86. The van der Waals surface area contributed by atoms with Crippen LogP contribution in [0.3, 0.4) is 0 Å². The summed E-state index contributed by atoms with van der Waals surface area (Å²) in [4.78, 5) is 0. The number of hydrogen-bond donors (Lipinski definition) is 0. The summed E-state index contributed by atoms with van der Waals surface area (Å²) in [5.41, 5.74) is -0.121. The molecule has 0 spiro atoms. The molecule has 0 heterocycles. The maximum Gasteiger partial charge on any atom is 0.187 e. The van der Waals surface area contributed by atoms with Crippen LogP contribution in [0.25, 0.3) is 0 Å². The molecule has 1 nitrogen and oxygen atoms in total. The second-order valence-electron chi connectivity index (χ2n) is 2.28. The van der Waals surface area contributed by atoms with E-state index in [1.54, 1.807) is 0 Å². The summed E-state index contributed by atoms with van der Waals surface area (Å²) in [5, 5.41) is 0. The second kappa shape index (κ2) is 10.8. The maximum absolute atomic E-state index is 5.75. The molecule has 0 rings (SSSR count). The average molecular weight is 194 g/mol. The van der Waals surface area contributed by atoms with Gasteiger partial charge in [-0.05, 0) is 19.3 Å². The van der Waals surface area contributed by atoms with E-state index in [2.05, 4.69) is 13.8 Å². The molecule has 0 amide bonds. The van der Waals surface area contributed by atoms with Crippen molar-refractivity contribution in [1.82, 2.24) is 0 Å². The molecule has 0 bridgehead atoms. The van der Waals surface area contributed by atoms with E-state index in [1.165, 1.54) is 0 Å². The minimum atomic E-state index is -0.121. The van der Waals surface area contributed by atoms with E-state index in [4.69, 9.17) is 16.3 Å². The number of rotatable bonds is 6. The van der Waals surface area contributed by atoms with Gasteiger partial charge < -0.3 is 4.74 Å². The summed E-state index contributed by atoms with van der Waals surface area (Å²) in [7, 11) is 0. The molecule has 1 atom stereocenters. The zero-order valence-electron chi connectivity index (χ0n) is 6.61. The Morgan fingerprint density at radius 1 is 1.55 bits per heavy atom. The van der Waals surface area contributed by atoms with Gasteiger partial charge in [0, 0.05) is 6.61 Å². The molecule has 0 aromatic carbocycles. The first kappa shape index (κ1) is 14.3. The van der Waals surface area contributed by atoms with E-state index in [-0.39, 0.29) is 22.9 Å². The number of unbranched alkanes of at least 4 members (excludes halogenated alkanes) is 1. The Morgan fingerprint density at radius 3 is 2.64 bits per heavy atom. The van der Waals surface area contributed by atoms with Gasteiger partial charge in [0.25, 0.3) is 0 Å². The van der Waals surface area contributed by atoms with Crippen LogP contribution in [-0.4, -0.2) is 29.5 Å². The molecular formula is C8H19AlClO. The summed E-state index contributed by atoms with van der Waals surface area (Å²) in [6.07, 6.45) is 3.96. The molecule has 0 aromatic heterocycles. The van der Waals surface area contributed by atoms with Crippen molar-refractivity contribution in [3.63, 3.8) is 0 Å². The largest absolute Gasteiger partial charge is 0.362 e. The molecule has 0 fully saturated rings. The van der Waals surface area contributed by atoms with Gasteiger partial charge in [0.2, 0.25) is 0 Å². The van der Waals surface area contributed by atoms with Crippen molar-refractivity contribution in [2.24, 2.45) is 0 Å². The summed E-state index contributed by atoms with van der Waals surface area (Å²) in [6, 6.07) is 0. The normalized spacial score (nSPS) is 12.3. The summed E-state index contributed by atoms with van der Waals surface area (Å²) in [6.45, 7) is 6.60. The summed E-state index contributed by atoms with van der Waals surface area (Å²) >= 11 is 5.75. The van der Waals surface area contributed by atoms with Crippen LogP contribution in [0, 0.1) is 6.92 Å². The maximum atomic E-state index is 5.75. The standard InChI is InChI=1S/C8H16ClO.Al.3H/c1-3-5-7-10-8(9)6-4-2;;;;/h8H,2-7H2,1H3;;;;. The minimum Gasteiger partial charge on any atom is -0.362 e. The lowest BCUT2D eigenvalue weighted by atomic mass is 10.3. The predicted octanol–water partition coefficient (Wildman–Crippen LogP) is 1.80. The molecule has 0 aliphatic heterocycles. The minimum absolute atomic E-state index is 0. The molecule has 0 aliphatic carbocycles. The van der Waals surface area contributed by atoms with Gasteiger partial charge in [-0.2, -0.15) is 0 Å². The zero-order valence-corrected chi connectivity index (χ0v) is 7.36. The number of halogens is 1. The van der Waals surface area contributed by atoms with E-state index in [0.717, 1.165) is 32.3 Å². The van der Waals surface area contributed by atoms with Crippen molar-refractivity contribution >= 4 is 29.0 Å². The van der Waals surface area contributed by atoms with Gasteiger partial charge in [0.1, 0.15) is 5.56 Å². The number of hydrogen-bond acceptors (Lipinski definition) is 1. The lowest BCUT2D eigenvalue weighted by molar-refractivity contribution is 0.0999. The van der Waals surface area contributed by atoms with Crippen LogP contribution < -0.4 is 0 Å². The lowest BCUT2D eigenvalue weighted by Crippen LogP contribution is -2.05. The molecule has 11 heavy (non-hydrogen) atoms. The molecule has 0 saturated carbocycles. The predicted molar refractivity (Wildman–Crippen MR) is 55.0 cm³/mol. The molecule has 67 valence electrons. The van der Waals surface area contributed by atoms with Crippen LogP contribution in [0.2, 0.25) is 0 Å². The third-order valence-electron chi connectivity index (χ3n) is 1.23. The molecule has 0 aromatic rings. The smallest absolute Gasteiger partial charge is 0.187 e. The van der Waals surface area contributed by atoms with Crippen molar-refractivity contribution in [2.75, 3.05) is 6.61 Å². The third kappa shape index (κ3) is 10.8. The van der Waals surface area contributed by atoms with Crippen LogP contribution in [0.1, 0.15) is 32.6 Å². The zero-order chi connectivity index (χ0) is 7.82. The Labute approximate surface area is 85.6 Å². The van der Waals surface area contributed by atoms with Crippen molar-refractivity contribution in [3.8, 4) is 0 Å². The first-order chi connectivity index (χ1) is 4.81. The highest BCUT2D eigenvalue weighted by atomic mass is 35.5. The molecule has 0 N–H and O–H groups in total. The Kier molecular flexibility index (Phi) is 14.0. The molecule has 1 unspecified atom stereocenters. The second-order valence-corrected chi connectivity index (χ2v) is 2.76. The summed E-state index contributed by atoms with van der Waals surface area (Å²) in [5.74, 6) is 0. The van der Waals surface area contributed by atoms with Crippen LogP contribution in [0.5, 0.6) is 0 Å². The van der Waals surface area contributed by atoms with Crippen molar-refractivity contribution in [2.45, 2.75) is 38.2 Å². The number of ether oxygens (including phenoxy) is 1. The van der Waals surface area contributed by atoms with E-state index >= 15 is 0 Å². The van der Waals surface area contributed by atoms with E-state index in [1.807, 2.05) is 0 Å². The fourth-order valence-electron chi connectivity index (χ4n) is 0.599. The van der Waals surface area contributed by atoms with Crippen molar-refractivity contribution in [1.29, 1.82) is 0 Å². The number of alkyl halides is 1. The third-order valence-corrected chi connectivity index (χ3v) is 1.57. The van der Waals surface area contributed by atoms with Crippen molar-refractivity contribution < 1.29 is 4.74 Å². The van der Waals surface area contributed by atoms with Crippen LogP contribution in [0.15, 0.2) is 0 Å². The van der Waals surface area contributed by atoms with E-state index in [9.17, 15) is 0 Å². The Hall–Kier alpha value is 0.782. The lowest BCUT2D eigenvalue weighted by Gasteiger charge is -2.08.